The molecule has 0 spiro atoms. The van der Waals surface area contributed by atoms with Gasteiger partial charge in [-0.3, -0.25) is 14.4 Å². The number of ketones is 1. The van der Waals surface area contributed by atoms with Crippen molar-refractivity contribution in [1.82, 2.24) is 19.7 Å². The van der Waals surface area contributed by atoms with Crippen molar-refractivity contribution in [3.05, 3.63) is 56.0 Å². The normalized spacial score (nSPS) is 15.0. The fourth-order valence-corrected chi connectivity index (χ4v) is 3.66. The molecule has 29 heavy (non-hydrogen) atoms. The molecule has 0 saturated heterocycles. The number of nitrogens with one attached hydrogen (secondary N) is 2. The molecule has 0 unspecified atom stereocenters. The number of hydrogen-bond donors (Lipinski definition) is 2. The standard InChI is InChI=1S/C19H17N5O4S/c1-19(2,24-10-20-9-21-24)15(25)7-17-23-18(27)14(29-17)6-11-3-4-13-12(5-11)22-16(26)8-28-13/h3-7,9-10H,8H2,1-2H3,(H,22,26)(H,23,27)/b14-6-,17-7+. The lowest BCUT2D eigenvalue weighted by atomic mass is 10.00. The molecule has 0 fully saturated rings. The van der Waals surface area contributed by atoms with Gasteiger partial charge in [0.05, 0.1) is 14.9 Å². The molecule has 0 saturated carbocycles. The Labute approximate surface area is 168 Å². The van der Waals surface area contributed by atoms with E-state index in [0.717, 1.165) is 5.56 Å². The van der Waals surface area contributed by atoms with Crippen LogP contribution in [0.2, 0.25) is 0 Å². The van der Waals surface area contributed by atoms with Crippen molar-refractivity contribution < 1.29 is 14.3 Å². The molecule has 1 aliphatic heterocycles. The second-order valence-electron chi connectivity index (χ2n) is 6.93. The summed E-state index contributed by atoms with van der Waals surface area (Å²) in [6.45, 7) is 3.43. The molecule has 3 aromatic rings. The van der Waals surface area contributed by atoms with Gasteiger partial charge in [0.2, 0.25) is 0 Å². The number of benzene rings is 1. The average molecular weight is 411 g/mol. The van der Waals surface area contributed by atoms with Gasteiger partial charge >= 0.3 is 0 Å². The molecule has 0 aliphatic carbocycles. The molecule has 9 nitrogen and oxygen atoms in total. The first kappa shape index (κ1) is 18.8. The van der Waals surface area contributed by atoms with Gasteiger partial charge in [0.25, 0.3) is 11.5 Å². The monoisotopic (exact) mass is 411 g/mol. The third-order valence-corrected chi connectivity index (χ3v) is 5.43. The zero-order chi connectivity index (χ0) is 20.6. The van der Waals surface area contributed by atoms with Gasteiger partial charge in [0, 0.05) is 6.08 Å². The number of nitrogens with zero attached hydrogens (tertiary/aromatic N) is 3. The Kier molecular flexibility index (Phi) is 4.63. The Hall–Kier alpha value is -3.53. The first-order valence-corrected chi connectivity index (χ1v) is 9.53. The topological polar surface area (TPSA) is 119 Å². The summed E-state index contributed by atoms with van der Waals surface area (Å²) in [7, 11) is 0. The van der Waals surface area contributed by atoms with E-state index in [1.807, 2.05) is 0 Å². The van der Waals surface area contributed by atoms with Crippen molar-refractivity contribution in [1.29, 1.82) is 0 Å². The highest BCUT2D eigenvalue weighted by molar-refractivity contribution is 7.07. The summed E-state index contributed by atoms with van der Waals surface area (Å²) in [6, 6.07) is 5.26. The van der Waals surface area contributed by atoms with Gasteiger partial charge in [0.15, 0.2) is 12.4 Å². The minimum absolute atomic E-state index is 0.0151. The minimum Gasteiger partial charge on any atom is -0.482 e. The number of thiazole rings is 1. The molecular formula is C19H17N5O4S. The van der Waals surface area contributed by atoms with Crippen LogP contribution in [0, 0.1) is 0 Å². The number of ether oxygens (including phenoxy) is 1. The number of aromatic nitrogens is 4. The van der Waals surface area contributed by atoms with E-state index in [0.29, 0.717) is 20.6 Å². The van der Waals surface area contributed by atoms with Gasteiger partial charge in [-0.15, -0.1) is 11.3 Å². The lowest BCUT2D eigenvalue weighted by molar-refractivity contribution is -0.120. The molecule has 3 heterocycles. The number of anilines is 1. The van der Waals surface area contributed by atoms with Crippen LogP contribution < -0.4 is 24.8 Å². The highest BCUT2D eigenvalue weighted by Crippen LogP contribution is 2.28. The minimum atomic E-state index is -0.933. The average Bonchev–Trinajstić information content (AvgIpc) is 3.32. The van der Waals surface area contributed by atoms with E-state index in [-0.39, 0.29) is 23.9 Å². The van der Waals surface area contributed by atoms with E-state index in [4.69, 9.17) is 4.74 Å². The first-order chi connectivity index (χ1) is 13.8. The Balaban J connectivity index is 1.67. The number of Topliss-reactive ketones (excluding diaryl/α,β-unsaturated/α-hetero) is 1. The van der Waals surface area contributed by atoms with Crippen molar-refractivity contribution in [3.63, 3.8) is 0 Å². The zero-order valence-electron chi connectivity index (χ0n) is 15.6. The molecule has 2 aromatic heterocycles. The van der Waals surface area contributed by atoms with E-state index in [1.165, 1.54) is 34.7 Å². The number of amides is 1. The molecule has 1 amide bonds. The van der Waals surface area contributed by atoms with Crippen LogP contribution >= 0.6 is 11.3 Å². The van der Waals surface area contributed by atoms with Gasteiger partial charge in [0.1, 0.15) is 23.9 Å². The largest absolute Gasteiger partial charge is 0.482 e. The van der Waals surface area contributed by atoms with Crippen LogP contribution in [0.4, 0.5) is 5.69 Å². The summed E-state index contributed by atoms with van der Waals surface area (Å²) in [4.78, 5) is 43.0. The van der Waals surface area contributed by atoms with Gasteiger partial charge in [-0.05, 0) is 37.6 Å². The summed E-state index contributed by atoms with van der Waals surface area (Å²) < 4.78 is 7.67. The Morgan fingerprint density at radius 2 is 2.17 bits per heavy atom. The van der Waals surface area contributed by atoms with E-state index < -0.39 is 5.54 Å². The number of H-pyrrole nitrogens is 1. The van der Waals surface area contributed by atoms with Gasteiger partial charge < -0.3 is 15.0 Å². The fourth-order valence-electron chi connectivity index (χ4n) is 2.77. The second kappa shape index (κ2) is 7.13. The zero-order valence-corrected chi connectivity index (χ0v) is 16.4. The predicted molar refractivity (Wildman–Crippen MR) is 107 cm³/mol. The number of fused-ring (bicyclic) bond motifs is 1. The van der Waals surface area contributed by atoms with E-state index in [1.54, 1.807) is 38.1 Å². The van der Waals surface area contributed by atoms with Crippen molar-refractivity contribution in [2.75, 3.05) is 11.9 Å². The molecule has 0 bridgehead atoms. The highest BCUT2D eigenvalue weighted by atomic mass is 32.1. The molecule has 10 heteroatoms. The molecule has 1 aromatic carbocycles. The number of carbonyl (C=O) groups excluding carboxylic acids is 2. The summed E-state index contributed by atoms with van der Waals surface area (Å²) in [5.41, 5.74) is 0.0469. The maximum absolute atomic E-state index is 12.7. The summed E-state index contributed by atoms with van der Waals surface area (Å²) in [5.74, 6) is 0.131. The van der Waals surface area contributed by atoms with Crippen LogP contribution in [0.3, 0.4) is 0 Å². The summed E-state index contributed by atoms with van der Waals surface area (Å²) in [6.07, 6.45) is 5.92. The third-order valence-electron chi connectivity index (χ3n) is 4.47. The van der Waals surface area contributed by atoms with Gasteiger partial charge in [-0.2, -0.15) is 5.10 Å². The number of rotatable bonds is 4. The maximum Gasteiger partial charge on any atom is 0.266 e. The van der Waals surface area contributed by atoms with Crippen LogP contribution in [-0.2, 0) is 15.1 Å². The van der Waals surface area contributed by atoms with Gasteiger partial charge in [-0.25, -0.2) is 9.67 Å². The van der Waals surface area contributed by atoms with Crippen LogP contribution in [0.1, 0.15) is 19.4 Å². The molecule has 1 aliphatic rings. The Morgan fingerprint density at radius 3 is 2.93 bits per heavy atom. The number of hydrogen-bond acceptors (Lipinski definition) is 7. The molecule has 4 rings (SSSR count). The molecule has 0 radical (unpaired) electrons. The van der Waals surface area contributed by atoms with Crippen molar-refractivity contribution in [2.24, 2.45) is 0 Å². The van der Waals surface area contributed by atoms with E-state index in [2.05, 4.69) is 20.4 Å². The molecule has 2 N–H and O–H groups in total. The fraction of sp³-hybridized carbons (Fsp3) is 0.211. The molecule has 0 atom stereocenters. The van der Waals surface area contributed by atoms with E-state index in [9.17, 15) is 14.4 Å². The van der Waals surface area contributed by atoms with E-state index >= 15 is 0 Å². The van der Waals surface area contributed by atoms with Crippen LogP contribution in [0.15, 0.2) is 35.6 Å². The smallest absolute Gasteiger partial charge is 0.266 e. The number of carbonyl (C=O) groups is 2. The number of aromatic amines is 1. The summed E-state index contributed by atoms with van der Waals surface area (Å²) in [5, 5.41) is 6.75. The van der Waals surface area contributed by atoms with Crippen LogP contribution in [-0.4, -0.2) is 38.0 Å². The Morgan fingerprint density at radius 1 is 1.34 bits per heavy atom. The Bertz CT molecular complexity index is 1270. The quantitative estimate of drug-likeness (QED) is 0.623. The van der Waals surface area contributed by atoms with Crippen molar-refractivity contribution in [2.45, 2.75) is 19.4 Å². The van der Waals surface area contributed by atoms with Crippen molar-refractivity contribution >= 4 is 40.9 Å². The summed E-state index contributed by atoms with van der Waals surface area (Å²) >= 11 is 1.17. The maximum atomic E-state index is 12.7. The lowest BCUT2D eigenvalue weighted by Gasteiger charge is -2.20. The van der Waals surface area contributed by atoms with Crippen LogP contribution in [0.25, 0.3) is 12.2 Å². The third kappa shape index (κ3) is 3.74. The van der Waals surface area contributed by atoms with Crippen molar-refractivity contribution in [3.8, 4) is 5.75 Å². The lowest BCUT2D eigenvalue weighted by Crippen LogP contribution is -2.36. The molecular weight excluding hydrogens is 394 g/mol. The highest BCUT2D eigenvalue weighted by Gasteiger charge is 2.28. The molecule has 148 valence electrons. The van der Waals surface area contributed by atoms with Gasteiger partial charge in [-0.1, -0.05) is 6.07 Å². The van der Waals surface area contributed by atoms with Crippen LogP contribution in [0.5, 0.6) is 5.75 Å². The second-order valence-corrected chi connectivity index (χ2v) is 8.01. The SMILES string of the molecule is CC(C)(C(=O)/C=c1\[nH]c(=O)/c(=C/c2ccc3c(c2)NC(=O)CO3)s1)n1cncn1. The first-order valence-electron chi connectivity index (χ1n) is 8.72. The predicted octanol–water partition coefficient (Wildman–Crippen LogP) is -0.0275.